The molecule has 0 radical (unpaired) electrons. The van der Waals surface area contributed by atoms with Gasteiger partial charge in [-0.3, -0.25) is 4.79 Å². The molecular weight excluding hydrogens is 535 g/mol. The molecule has 2 aliphatic carbocycles. The van der Waals surface area contributed by atoms with Crippen LogP contribution in [0.3, 0.4) is 0 Å². The zero-order chi connectivity index (χ0) is 29.2. The number of pyridine rings is 1. The number of carbonyl (C=O) groups is 2. The summed E-state index contributed by atoms with van der Waals surface area (Å²) in [6.07, 6.45) is 5.48. The molecule has 2 aromatic heterocycles. The number of aryl methyl sites for hydroxylation is 1. The molecule has 4 N–H and O–H groups in total. The van der Waals surface area contributed by atoms with Gasteiger partial charge in [-0.2, -0.15) is 9.49 Å². The molecule has 40 heavy (non-hydrogen) atoms. The van der Waals surface area contributed by atoms with Gasteiger partial charge in [0.15, 0.2) is 0 Å². The van der Waals surface area contributed by atoms with Crippen molar-refractivity contribution in [2.45, 2.75) is 78.7 Å². The van der Waals surface area contributed by atoms with Crippen LogP contribution >= 0.6 is 0 Å². The highest BCUT2D eigenvalue weighted by molar-refractivity contribution is 7.77. The van der Waals surface area contributed by atoms with Gasteiger partial charge in [0.2, 0.25) is 11.9 Å². The highest BCUT2D eigenvalue weighted by Gasteiger charge is 2.48. The zero-order valence-electron chi connectivity index (χ0n) is 24.2. The number of halogens is 1. The van der Waals surface area contributed by atoms with Crippen molar-refractivity contribution in [2.75, 3.05) is 29.7 Å². The third kappa shape index (κ3) is 7.45. The molecule has 0 aromatic carbocycles. The average molecular weight is 578 g/mol. The van der Waals surface area contributed by atoms with E-state index in [1.54, 1.807) is 32.4 Å². The Morgan fingerprint density at radius 3 is 2.40 bits per heavy atom. The summed E-state index contributed by atoms with van der Waals surface area (Å²) in [6.45, 7) is 9.76. The standard InChI is InChI=1S/C28H41FN6O4S/c1-15-21(16(2)35(34-15)14-38-11-12-40-6)23-19(30)13-20(31-25(23)29)32-26(36)24(33-27(37)39-28(3,4)5)22(17-7-8-17)18-9-10-18/h13,17-18,22,24H,7-12,14H2,1-6H3,(H,33,37)(H3,30,31,32,36)/p+1/t24-/m0/s1. The predicted octanol–water partition coefficient (Wildman–Crippen LogP) is 3.97. The molecule has 0 aliphatic heterocycles. The minimum Gasteiger partial charge on any atom is -0.444 e. The van der Waals surface area contributed by atoms with Crippen LogP contribution in [0.2, 0.25) is 0 Å². The van der Waals surface area contributed by atoms with Crippen molar-refractivity contribution in [2.24, 2.45) is 17.8 Å². The van der Waals surface area contributed by atoms with E-state index in [9.17, 15) is 9.59 Å². The number of hydrogen-bond acceptors (Lipinski definition) is 7. The minimum atomic E-state index is -0.824. The summed E-state index contributed by atoms with van der Waals surface area (Å²) in [5, 5.41) is 10.00. The Labute approximate surface area is 239 Å². The monoisotopic (exact) mass is 577 g/mol. The van der Waals surface area contributed by atoms with Gasteiger partial charge in [-0.25, -0.2) is 14.5 Å². The molecular formula is C28H42FN6O4S+. The maximum Gasteiger partial charge on any atom is 0.408 e. The molecule has 220 valence electrons. The Morgan fingerprint density at radius 1 is 1.20 bits per heavy atom. The number of carbonyl (C=O) groups excluding carboxylic acids is 2. The fourth-order valence-corrected chi connectivity index (χ4v) is 5.51. The van der Waals surface area contributed by atoms with Crippen LogP contribution in [0, 0.1) is 37.5 Å². The lowest BCUT2D eigenvalue weighted by Gasteiger charge is -2.29. The van der Waals surface area contributed by atoms with Gasteiger partial charge in [-0.15, -0.1) is 0 Å². The van der Waals surface area contributed by atoms with Crippen molar-refractivity contribution in [1.82, 2.24) is 20.1 Å². The Morgan fingerprint density at radius 2 is 1.85 bits per heavy atom. The Hall–Kier alpha value is -2.86. The fourth-order valence-electron chi connectivity index (χ4n) is 5.20. The molecule has 0 bridgehead atoms. The number of thiol groups is 1. The molecule has 0 unspecified atom stereocenters. The van der Waals surface area contributed by atoms with E-state index in [-0.39, 0.29) is 29.7 Å². The maximum absolute atomic E-state index is 15.5. The van der Waals surface area contributed by atoms with E-state index in [0.29, 0.717) is 35.4 Å². The van der Waals surface area contributed by atoms with Crippen LogP contribution < -0.4 is 16.4 Å². The number of nitrogens with two attached hydrogens (primary N) is 1. The molecule has 2 fully saturated rings. The van der Waals surface area contributed by atoms with Crippen LogP contribution in [0.15, 0.2) is 6.07 Å². The summed E-state index contributed by atoms with van der Waals surface area (Å²) < 4.78 is 28.3. The first-order chi connectivity index (χ1) is 18.9. The van der Waals surface area contributed by atoms with E-state index >= 15 is 4.39 Å². The van der Waals surface area contributed by atoms with E-state index < -0.39 is 29.6 Å². The minimum absolute atomic E-state index is 0.01000. The first-order valence-corrected chi connectivity index (χ1v) is 15.4. The molecule has 2 amide bonds. The third-order valence-electron chi connectivity index (χ3n) is 7.23. The summed E-state index contributed by atoms with van der Waals surface area (Å²) in [5.41, 5.74) is 7.71. The van der Waals surface area contributed by atoms with Crippen molar-refractivity contribution >= 4 is 35.3 Å². The molecule has 12 heteroatoms. The van der Waals surface area contributed by atoms with E-state index in [0.717, 1.165) is 31.4 Å². The highest BCUT2D eigenvalue weighted by atomic mass is 32.2. The summed E-state index contributed by atoms with van der Waals surface area (Å²) in [5.74, 6) is 0.341. The first-order valence-electron chi connectivity index (χ1n) is 13.8. The summed E-state index contributed by atoms with van der Waals surface area (Å²) in [6, 6.07) is 0.618. The highest BCUT2D eigenvalue weighted by Crippen LogP contribution is 2.51. The van der Waals surface area contributed by atoms with Crippen molar-refractivity contribution in [3.63, 3.8) is 0 Å². The lowest BCUT2D eigenvalue weighted by Crippen LogP contribution is -2.51. The van der Waals surface area contributed by atoms with Crippen molar-refractivity contribution in [3.05, 3.63) is 23.4 Å². The van der Waals surface area contributed by atoms with E-state index in [4.69, 9.17) is 15.2 Å². The number of anilines is 2. The number of nitrogen functional groups attached to an aromatic ring is 1. The second kappa shape index (κ2) is 12.3. The molecule has 0 spiro atoms. The van der Waals surface area contributed by atoms with Gasteiger partial charge in [-0.05, 0) is 89.8 Å². The van der Waals surface area contributed by atoms with Crippen LogP contribution in [0.4, 0.5) is 20.7 Å². The predicted molar refractivity (Wildman–Crippen MR) is 156 cm³/mol. The molecule has 1 atom stereocenters. The van der Waals surface area contributed by atoms with E-state index in [2.05, 4.69) is 27.0 Å². The number of nitrogens with one attached hydrogen (secondary N) is 2. The van der Waals surface area contributed by atoms with Crippen molar-refractivity contribution in [3.8, 4) is 11.1 Å². The summed E-state index contributed by atoms with van der Waals surface area (Å²) >= 11 is 1.25. The Bertz CT molecular complexity index is 1200. The Kier molecular flexibility index (Phi) is 9.29. The van der Waals surface area contributed by atoms with Crippen LogP contribution in [0.25, 0.3) is 11.1 Å². The number of nitrogens with zero attached hydrogens (tertiary/aromatic N) is 3. The zero-order valence-corrected chi connectivity index (χ0v) is 25.1. The number of hydrogen-bond donors (Lipinski definition) is 3. The second-order valence-corrected chi connectivity index (χ2v) is 12.8. The molecule has 2 aromatic rings. The Balaban J connectivity index is 1.55. The molecule has 2 aliphatic rings. The number of alkyl carbamates (subject to hydrolysis) is 1. The molecule has 2 heterocycles. The van der Waals surface area contributed by atoms with Crippen LogP contribution in [0.1, 0.15) is 57.8 Å². The topological polar surface area (TPSA) is 133 Å². The van der Waals surface area contributed by atoms with E-state index in [1.807, 2.05) is 6.92 Å². The molecule has 10 nitrogen and oxygen atoms in total. The van der Waals surface area contributed by atoms with Gasteiger partial charge in [0.1, 0.15) is 29.9 Å². The molecule has 4 rings (SSSR count). The molecule has 2 saturated carbocycles. The SMILES string of the molecule is C[SH+]CCOCn1nc(C)c(-c2c(N)cc(NC(=O)[C@@H](NC(=O)OC(C)(C)C)C(C3CC3)C3CC3)nc2F)c1C. The third-order valence-corrected chi connectivity index (χ3v) is 7.86. The molecule has 0 saturated heterocycles. The second-order valence-electron chi connectivity index (χ2n) is 11.8. The fraction of sp³-hybridized carbons (Fsp3) is 0.643. The smallest absolute Gasteiger partial charge is 0.408 e. The number of amides is 2. The van der Waals surface area contributed by atoms with Gasteiger partial charge >= 0.3 is 6.09 Å². The van der Waals surface area contributed by atoms with Crippen molar-refractivity contribution < 1.29 is 23.5 Å². The normalized spacial score (nSPS) is 16.2. The average Bonchev–Trinajstić information content (AvgIpc) is 3.77. The number of rotatable bonds is 12. The van der Waals surface area contributed by atoms with Gasteiger partial charge < -0.3 is 25.8 Å². The number of aromatic nitrogens is 3. The quantitative estimate of drug-likeness (QED) is 0.150. The number of ether oxygens (including phenoxy) is 2. The lowest BCUT2D eigenvalue weighted by atomic mass is 9.89. The lowest BCUT2D eigenvalue weighted by molar-refractivity contribution is -0.120. The summed E-state index contributed by atoms with van der Waals surface area (Å²) in [7, 11) is 0. The van der Waals surface area contributed by atoms with Crippen LogP contribution in [0.5, 0.6) is 0 Å². The van der Waals surface area contributed by atoms with E-state index in [1.165, 1.54) is 17.8 Å². The largest absolute Gasteiger partial charge is 0.444 e. The van der Waals surface area contributed by atoms with Gasteiger partial charge in [-0.1, -0.05) is 0 Å². The van der Waals surface area contributed by atoms with Crippen LogP contribution in [-0.2, 0) is 32.8 Å². The summed E-state index contributed by atoms with van der Waals surface area (Å²) in [4.78, 5) is 30.2. The maximum atomic E-state index is 15.5. The van der Waals surface area contributed by atoms with Gasteiger partial charge in [0, 0.05) is 23.0 Å². The first kappa shape index (κ1) is 30.1. The van der Waals surface area contributed by atoms with Gasteiger partial charge in [0.25, 0.3) is 0 Å². The van der Waals surface area contributed by atoms with Crippen LogP contribution in [-0.4, -0.2) is 57.0 Å². The van der Waals surface area contributed by atoms with Crippen molar-refractivity contribution in [1.29, 1.82) is 0 Å². The van der Waals surface area contributed by atoms with Gasteiger partial charge in [0.05, 0.1) is 24.1 Å².